The van der Waals surface area contributed by atoms with Crippen molar-refractivity contribution in [2.45, 2.75) is 66.9 Å². The van der Waals surface area contributed by atoms with Crippen molar-refractivity contribution in [2.24, 2.45) is 5.92 Å². The maximum Gasteiger partial charge on any atom is 0.338 e. The van der Waals surface area contributed by atoms with Crippen LogP contribution in [-0.4, -0.2) is 11.6 Å². The molecule has 2 nitrogen and oxygen atoms in total. The summed E-state index contributed by atoms with van der Waals surface area (Å²) in [5.41, 5.74) is 1.51. The van der Waals surface area contributed by atoms with Gasteiger partial charge in [0, 0.05) is 0 Å². The minimum Gasteiger partial charge on any atom is -0.456 e. The zero-order chi connectivity index (χ0) is 15.8. The number of ether oxygens (including phenoxy) is 1. The van der Waals surface area contributed by atoms with Crippen LogP contribution in [0.3, 0.4) is 0 Å². The molecule has 0 fully saturated rings. The van der Waals surface area contributed by atoms with E-state index in [1.54, 1.807) is 0 Å². The molecule has 0 bridgehead atoms. The number of hydrogen-bond acceptors (Lipinski definition) is 2. The largest absolute Gasteiger partial charge is 0.456 e. The van der Waals surface area contributed by atoms with Gasteiger partial charge >= 0.3 is 5.97 Å². The van der Waals surface area contributed by atoms with Crippen LogP contribution in [0, 0.1) is 5.92 Å². The number of allylic oxidation sites excluding steroid dienone is 4. The summed E-state index contributed by atoms with van der Waals surface area (Å²) in [6, 6.07) is 0. The monoisotopic (exact) mass is 278 g/mol. The van der Waals surface area contributed by atoms with E-state index in [2.05, 4.69) is 19.9 Å². The highest BCUT2D eigenvalue weighted by atomic mass is 16.6. The molecule has 0 amide bonds. The average Bonchev–Trinajstić information content (AvgIpc) is 2.64. The van der Waals surface area contributed by atoms with Gasteiger partial charge < -0.3 is 4.74 Å². The number of esters is 1. The molecule has 0 heterocycles. The highest BCUT2D eigenvalue weighted by molar-refractivity contribution is 5.92. The first-order valence-electron chi connectivity index (χ1n) is 7.65. The molecule has 0 saturated carbocycles. The average molecular weight is 278 g/mol. The lowest BCUT2D eigenvalue weighted by atomic mass is 9.97. The van der Waals surface area contributed by atoms with E-state index in [-0.39, 0.29) is 5.97 Å². The first kappa shape index (κ1) is 18.7. The van der Waals surface area contributed by atoms with Gasteiger partial charge in [0.15, 0.2) is 0 Å². The van der Waals surface area contributed by atoms with Gasteiger partial charge in [-0.3, -0.25) is 0 Å². The molecule has 1 aliphatic carbocycles. The number of carbonyl (C=O) groups excluding carboxylic acids is 1. The molecule has 0 spiro atoms. The first-order chi connectivity index (χ1) is 9.33. The predicted octanol–water partition coefficient (Wildman–Crippen LogP) is 5.21. The van der Waals surface area contributed by atoms with Gasteiger partial charge in [-0.15, -0.1) is 0 Å². The van der Waals surface area contributed by atoms with Crippen molar-refractivity contribution in [1.29, 1.82) is 0 Å². The number of carbonyl (C=O) groups is 1. The van der Waals surface area contributed by atoms with Crippen LogP contribution in [0.25, 0.3) is 0 Å². The smallest absolute Gasteiger partial charge is 0.338 e. The fraction of sp³-hybridized carbons (Fsp3) is 0.611. The third kappa shape index (κ3) is 6.74. The molecule has 0 radical (unpaired) electrons. The molecular formula is C18H30O2. The Kier molecular flexibility index (Phi) is 8.21. The highest BCUT2D eigenvalue weighted by Crippen LogP contribution is 2.21. The fourth-order valence-electron chi connectivity index (χ4n) is 1.73. The molecule has 0 aromatic rings. The van der Waals surface area contributed by atoms with E-state index in [4.69, 9.17) is 4.74 Å². The lowest BCUT2D eigenvalue weighted by Gasteiger charge is -2.19. The molecule has 0 aliphatic heterocycles. The summed E-state index contributed by atoms with van der Waals surface area (Å²) in [6.45, 7) is 14.0. The normalized spacial score (nSPS) is 16.1. The van der Waals surface area contributed by atoms with E-state index in [0.717, 1.165) is 12.8 Å². The first-order valence-corrected chi connectivity index (χ1v) is 7.65. The molecular weight excluding hydrogens is 248 g/mol. The minimum atomic E-state index is -0.439. The Labute approximate surface area is 124 Å². The summed E-state index contributed by atoms with van der Waals surface area (Å²) < 4.78 is 5.37. The van der Waals surface area contributed by atoms with Crippen LogP contribution < -0.4 is 0 Å². The van der Waals surface area contributed by atoms with Crippen molar-refractivity contribution in [3.8, 4) is 0 Å². The number of hydrogen-bond donors (Lipinski definition) is 0. The minimum absolute atomic E-state index is 0.238. The maximum atomic E-state index is 11.9. The molecule has 1 aliphatic rings. The summed E-state index contributed by atoms with van der Waals surface area (Å²) >= 11 is 0. The van der Waals surface area contributed by atoms with E-state index in [9.17, 15) is 4.79 Å². The molecule has 1 unspecified atom stereocenters. The van der Waals surface area contributed by atoms with Crippen LogP contribution >= 0.6 is 0 Å². The Morgan fingerprint density at radius 3 is 2.35 bits per heavy atom. The second-order valence-electron chi connectivity index (χ2n) is 5.74. The van der Waals surface area contributed by atoms with Gasteiger partial charge in [0.25, 0.3) is 0 Å². The van der Waals surface area contributed by atoms with Crippen LogP contribution in [0.4, 0.5) is 0 Å². The molecule has 1 atom stereocenters. The second-order valence-corrected chi connectivity index (χ2v) is 5.74. The van der Waals surface area contributed by atoms with Crippen LogP contribution in [0.2, 0.25) is 0 Å². The molecule has 0 N–H and O–H groups in total. The zero-order valence-electron chi connectivity index (χ0n) is 14.1. The molecule has 20 heavy (non-hydrogen) atoms. The van der Waals surface area contributed by atoms with Gasteiger partial charge in [0.1, 0.15) is 5.60 Å². The zero-order valence-corrected chi connectivity index (χ0v) is 14.1. The second kappa shape index (κ2) is 8.78. The maximum absolute atomic E-state index is 11.9. The Morgan fingerprint density at radius 2 is 1.85 bits per heavy atom. The van der Waals surface area contributed by atoms with E-state index in [1.165, 1.54) is 5.57 Å². The van der Waals surface area contributed by atoms with E-state index in [1.807, 2.05) is 52.8 Å². The lowest BCUT2D eigenvalue weighted by Crippen LogP contribution is -2.24. The standard InChI is InChI=1S/C16H24O2.C2H6/c1-6-12(2)13-8-7-9-14(11-10-13)15(17)18-16(3,4)5;1-2/h8-12H,6-7H2,1-5H3;1-2H3. The fourth-order valence-corrected chi connectivity index (χ4v) is 1.73. The van der Waals surface area contributed by atoms with Crippen LogP contribution in [-0.2, 0) is 9.53 Å². The van der Waals surface area contributed by atoms with E-state index < -0.39 is 5.60 Å². The van der Waals surface area contributed by atoms with Crippen molar-refractivity contribution in [3.05, 3.63) is 35.5 Å². The van der Waals surface area contributed by atoms with Gasteiger partial charge in [-0.1, -0.05) is 45.9 Å². The Morgan fingerprint density at radius 1 is 1.25 bits per heavy atom. The summed E-state index contributed by atoms with van der Waals surface area (Å²) in [4.78, 5) is 11.9. The quantitative estimate of drug-likeness (QED) is 0.662. The molecule has 1 rings (SSSR count). The summed E-state index contributed by atoms with van der Waals surface area (Å²) in [7, 11) is 0. The van der Waals surface area contributed by atoms with Crippen LogP contribution in [0.15, 0.2) is 35.5 Å². The Bertz CT molecular complexity index is 392. The van der Waals surface area contributed by atoms with Crippen molar-refractivity contribution in [2.75, 3.05) is 0 Å². The van der Waals surface area contributed by atoms with Crippen molar-refractivity contribution >= 4 is 5.97 Å². The highest BCUT2D eigenvalue weighted by Gasteiger charge is 2.19. The summed E-state index contributed by atoms with van der Waals surface area (Å²) in [5.74, 6) is 0.296. The van der Waals surface area contributed by atoms with Crippen molar-refractivity contribution < 1.29 is 9.53 Å². The SMILES string of the molecule is CC.CCC(C)C1=CCC=C(C(=O)OC(C)(C)C)C=C1. The third-order valence-electron chi connectivity index (χ3n) is 2.96. The lowest BCUT2D eigenvalue weighted by molar-refractivity contribution is -0.149. The van der Waals surface area contributed by atoms with Gasteiger partial charge in [0.05, 0.1) is 5.57 Å². The summed E-state index contributed by atoms with van der Waals surface area (Å²) in [5, 5.41) is 0. The van der Waals surface area contributed by atoms with Gasteiger partial charge in [-0.2, -0.15) is 0 Å². The molecule has 2 heteroatoms. The van der Waals surface area contributed by atoms with Crippen molar-refractivity contribution in [1.82, 2.24) is 0 Å². The van der Waals surface area contributed by atoms with E-state index in [0.29, 0.717) is 11.5 Å². The van der Waals surface area contributed by atoms with Crippen molar-refractivity contribution in [3.63, 3.8) is 0 Å². The van der Waals surface area contributed by atoms with Crippen LogP contribution in [0.5, 0.6) is 0 Å². The van der Waals surface area contributed by atoms with Crippen LogP contribution in [0.1, 0.15) is 61.3 Å². The summed E-state index contributed by atoms with van der Waals surface area (Å²) in [6.07, 6.45) is 9.93. The molecule has 0 saturated heterocycles. The Balaban J connectivity index is 0.00000172. The predicted molar refractivity (Wildman–Crippen MR) is 86.6 cm³/mol. The van der Waals surface area contributed by atoms with Gasteiger partial charge in [-0.05, 0) is 51.2 Å². The third-order valence-corrected chi connectivity index (χ3v) is 2.96. The van der Waals surface area contributed by atoms with Gasteiger partial charge in [0.2, 0.25) is 0 Å². The van der Waals surface area contributed by atoms with Gasteiger partial charge in [-0.25, -0.2) is 4.79 Å². The topological polar surface area (TPSA) is 26.3 Å². The number of rotatable bonds is 3. The molecule has 114 valence electrons. The van der Waals surface area contributed by atoms with E-state index >= 15 is 0 Å². The Hall–Kier alpha value is -1.31. The molecule has 0 aromatic heterocycles. The molecule has 0 aromatic carbocycles.